The summed E-state index contributed by atoms with van der Waals surface area (Å²) in [6.45, 7) is 3.97. The highest BCUT2D eigenvalue weighted by atomic mass is 32.2. The monoisotopic (exact) mass is 404 g/mol. The summed E-state index contributed by atoms with van der Waals surface area (Å²) in [4.78, 5) is 11.1. The lowest BCUT2D eigenvalue weighted by molar-refractivity contribution is 0.112. The van der Waals surface area contributed by atoms with E-state index in [1.165, 1.54) is 0 Å². The summed E-state index contributed by atoms with van der Waals surface area (Å²) < 4.78 is 7.27. The lowest BCUT2D eigenvalue weighted by atomic mass is 10.1. The number of rotatable bonds is 6. The first-order valence-electron chi connectivity index (χ1n) is 9.14. The molecule has 2 aromatic heterocycles. The Labute approximate surface area is 172 Å². The molecule has 0 unspecified atom stereocenters. The molecule has 0 saturated carbocycles. The zero-order chi connectivity index (χ0) is 20.4. The van der Waals surface area contributed by atoms with Crippen molar-refractivity contribution in [1.29, 1.82) is 0 Å². The van der Waals surface area contributed by atoms with E-state index in [2.05, 4.69) is 15.3 Å². The van der Waals surface area contributed by atoms with Gasteiger partial charge in [0.1, 0.15) is 17.1 Å². The summed E-state index contributed by atoms with van der Waals surface area (Å²) in [6, 6.07) is 15.5. The molecule has 0 N–H and O–H groups in total. The van der Waals surface area contributed by atoms with Gasteiger partial charge in [-0.1, -0.05) is 36.0 Å². The third kappa shape index (κ3) is 3.73. The fraction of sp³-hybridized carbons (Fsp3) is 0.182. The quantitative estimate of drug-likeness (QED) is 0.347. The molecule has 0 atom stereocenters. The fourth-order valence-corrected chi connectivity index (χ4v) is 4.25. The molecule has 0 spiro atoms. The molecular formula is C22H20N4O2S. The average Bonchev–Trinajstić information content (AvgIpc) is 3.09. The Bertz CT molecular complexity index is 1200. The summed E-state index contributed by atoms with van der Waals surface area (Å²) in [5, 5.41) is 16.4. The van der Waals surface area contributed by atoms with Gasteiger partial charge in [0.15, 0.2) is 5.82 Å². The number of benzene rings is 2. The second-order valence-corrected chi connectivity index (χ2v) is 7.66. The van der Waals surface area contributed by atoms with Gasteiger partial charge in [0.05, 0.1) is 12.8 Å². The molecule has 6 nitrogen and oxygen atoms in total. The van der Waals surface area contributed by atoms with Gasteiger partial charge in [-0.05, 0) is 38.1 Å². The Morgan fingerprint density at radius 2 is 1.86 bits per heavy atom. The van der Waals surface area contributed by atoms with Crippen molar-refractivity contribution < 1.29 is 9.53 Å². The van der Waals surface area contributed by atoms with E-state index in [9.17, 15) is 4.79 Å². The predicted molar refractivity (Wildman–Crippen MR) is 114 cm³/mol. The van der Waals surface area contributed by atoms with Crippen LogP contribution >= 0.6 is 11.8 Å². The lowest BCUT2D eigenvalue weighted by Crippen LogP contribution is -2.05. The highest BCUT2D eigenvalue weighted by Gasteiger charge is 2.14. The minimum absolute atomic E-state index is 0.614. The lowest BCUT2D eigenvalue weighted by Gasteiger charge is -2.11. The third-order valence-electron chi connectivity index (χ3n) is 4.65. The van der Waals surface area contributed by atoms with Crippen molar-refractivity contribution >= 4 is 28.8 Å². The van der Waals surface area contributed by atoms with Crippen molar-refractivity contribution in [2.24, 2.45) is 0 Å². The summed E-state index contributed by atoms with van der Waals surface area (Å²) in [6.07, 6.45) is 0.839. The molecule has 0 aliphatic rings. The molecule has 0 amide bonds. The van der Waals surface area contributed by atoms with Crippen LogP contribution in [0.25, 0.3) is 16.6 Å². The number of aromatic nitrogens is 4. The molecule has 0 fully saturated rings. The van der Waals surface area contributed by atoms with Crippen molar-refractivity contribution in [2.75, 3.05) is 7.11 Å². The van der Waals surface area contributed by atoms with Crippen LogP contribution in [-0.4, -0.2) is 33.4 Å². The Morgan fingerprint density at radius 3 is 2.55 bits per heavy atom. The maximum atomic E-state index is 11.1. The van der Waals surface area contributed by atoms with E-state index in [0.29, 0.717) is 11.3 Å². The first-order valence-corrected chi connectivity index (χ1v) is 10.1. The molecule has 0 saturated heterocycles. The van der Waals surface area contributed by atoms with Crippen LogP contribution in [0.1, 0.15) is 27.3 Å². The number of carbonyl (C=O) groups is 1. The van der Waals surface area contributed by atoms with Gasteiger partial charge in [0.25, 0.3) is 0 Å². The van der Waals surface area contributed by atoms with E-state index in [-0.39, 0.29) is 0 Å². The largest absolute Gasteiger partial charge is 0.496 e. The Kier molecular flexibility index (Phi) is 5.31. The van der Waals surface area contributed by atoms with E-state index in [0.717, 1.165) is 50.6 Å². The zero-order valence-corrected chi connectivity index (χ0v) is 17.2. The number of fused-ring (bicyclic) bond motifs is 1. The normalized spacial score (nSPS) is 11.0. The van der Waals surface area contributed by atoms with Crippen LogP contribution in [0, 0.1) is 13.8 Å². The van der Waals surface area contributed by atoms with Gasteiger partial charge in [-0.3, -0.25) is 4.79 Å². The van der Waals surface area contributed by atoms with Crippen LogP contribution in [0.2, 0.25) is 0 Å². The predicted octanol–water partition coefficient (Wildman–Crippen LogP) is 4.55. The van der Waals surface area contributed by atoms with Crippen molar-refractivity contribution in [3.05, 3.63) is 71.0 Å². The molecule has 0 radical (unpaired) electrons. The summed E-state index contributed by atoms with van der Waals surface area (Å²) in [5.74, 6) is 2.08. The minimum Gasteiger partial charge on any atom is -0.496 e. The van der Waals surface area contributed by atoms with Gasteiger partial charge < -0.3 is 4.74 Å². The van der Waals surface area contributed by atoms with E-state index in [1.54, 1.807) is 24.9 Å². The minimum atomic E-state index is 0.614. The van der Waals surface area contributed by atoms with Crippen molar-refractivity contribution in [3.8, 4) is 11.6 Å². The standard InChI is InChI=1S/C22H20N4O2S/c1-14-10-15(2)26(25-14)21-18-6-4-5-7-19(18)22(24-23-21)29-13-17-11-16(12-27)8-9-20(17)28-3/h4-12H,13H2,1-3H3. The number of methoxy groups -OCH3 is 1. The van der Waals surface area contributed by atoms with E-state index in [4.69, 9.17) is 4.74 Å². The number of aryl methyl sites for hydroxylation is 2. The molecule has 0 bridgehead atoms. The van der Waals surface area contributed by atoms with Crippen LogP contribution in [-0.2, 0) is 5.75 Å². The van der Waals surface area contributed by atoms with Gasteiger partial charge in [0.2, 0.25) is 0 Å². The van der Waals surface area contributed by atoms with Crippen molar-refractivity contribution in [2.45, 2.75) is 24.6 Å². The molecule has 2 aromatic carbocycles. The van der Waals surface area contributed by atoms with E-state index < -0.39 is 0 Å². The molecule has 0 aliphatic heterocycles. The summed E-state index contributed by atoms with van der Waals surface area (Å²) in [5.41, 5.74) is 3.51. The molecule has 146 valence electrons. The van der Waals surface area contributed by atoms with E-state index in [1.807, 2.05) is 61.0 Å². The van der Waals surface area contributed by atoms with Gasteiger partial charge in [-0.15, -0.1) is 10.2 Å². The first kappa shape index (κ1) is 19.1. The molecule has 7 heteroatoms. The average molecular weight is 404 g/mol. The Balaban J connectivity index is 1.72. The number of aldehydes is 1. The molecule has 29 heavy (non-hydrogen) atoms. The molecule has 0 aliphatic carbocycles. The van der Waals surface area contributed by atoms with Gasteiger partial charge in [0, 0.05) is 33.3 Å². The number of carbonyl (C=O) groups excluding carboxylic acids is 1. The van der Waals surface area contributed by atoms with Crippen LogP contribution in [0.15, 0.2) is 53.6 Å². The summed E-state index contributed by atoms with van der Waals surface area (Å²) in [7, 11) is 1.63. The van der Waals surface area contributed by atoms with Crippen molar-refractivity contribution in [3.63, 3.8) is 0 Å². The van der Waals surface area contributed by atoms with Crippen LogP contribution < -0.4 is 4.74 Å². The maximum absolute atomic E-state index is 11.1. The Morgan fingerprint density at radius 1 is 1.07 bits per heavy atom. The summed E-state index contributed by atoms with van der Waals surface area (Å²) >= 11 is 1.57. The van der Waals surface area contributed by atoms with Crippen LogP contribution in [0.5, 0.6) is 5.75 Å². The number of hydrogen-bond donors (Lipinski definition) is 0. The van der Waals surface area contributed by atoms with Crippen LogP contribution in [0.3, 0.4) is 0 Å². The number of nitrogens with zero attached hydrogens (tertiary/aromatic N) is 4. The second-order valence-electron chi connectivity index (χ2n) is 6.69. The SMILES string of the molecule is COc1ccc(C=O)cc1CSc1nnc(-n2nc(C)cc2C)c2ccccc12. The molecule has 2 heterocycles. The second kappa shape index (κ2) is 8.05. The number of thioether (sulfide) groups is 1. The van der Waals surface area contributed by atoms with Crippen molar-refractivity contribution in [1.82, 2.24) is 20.0 Å². The molecule has 4 rings (SSSR count). The van der Waals surface area contributed by atoms with Gasteiger partial charge >= 0.3 is 0 Å². The number of hydrogen-bond acceptors (Lipinski definition) is 6. The number of ether oxygens (including phenoxy) is 1. The molecule has 4 aromatic rings. The van der Waals surface area contributed by atoms with Gasteiger partial charge in [-0.25, -0.2) is 4.68 Å². The first-order chi connectivity index (χ1) is 14.1. The highest BCUT2D eigenvalue weighted by Crippen LogP contribution is 2.33. The fourth-order valence-electron chi connectivity index (χ4n) is 3.30. The maximum Gasteiger partial charge on any atom is 0.183 e. The van der Waals surface area contributed by atoms with Crippen LogP contribution in [0.4, 0.5) is 0 Å². The van der Waals surface area contributed by atoms with E-state index >= 15 is 0 Å². The molecular weight excluding hydrogens is 384 g/mol. The highest BCUT2D eigenvalue weighted by molar-refractivity contribution is 7.98. The zero-order valence-electron chi connectivity index (χ0n) is 16.4. The Hall–Kier alpha value is -3.19. The third-order valence-corrected chi connectivity index (χ3v) is 5.68. The topological polar surface area (TPSA) is 69.9 Å². The van der Waals surface area contributed by atoms with Gasteiger partial charge in [-0.2, -0.15) is 5.10 Å². The smallest absolute Gasteiger partial charge is 0.183 e.